The lowest BCUT2D eigenvalue weighted by atomic mass is 10.1. The third-order valence-corrected chi connectivity index (χ3v) is 1.80. The molecule has 86 valence electrons. The van der Waals surface area contributed by atoms with Gasteiger partial charge >= 0.3 is 17.9 Å². The SMILES string of the molecule is CN(CCC(=O)O)CC(C(=O)O)C(=O)O. The summed E-state index contributed by atoms with van der Waals surface area (Å²) in [6.45, 7) is -0.0929. The van der Waals surface area contributed by atoms with Gasteiger partial charge in [0.1, 0.15) is 0 Å². The van der Waals surface area contributed by atoms with Crippen LogP contribution in [0.15, 0.2) is 0 Å². The number of rotatable bonds is 7. The Morgan fingerprint density at radius 3 is 1.93 bits per heavy atom. The molecular formula is C8H13NO6. The first-order chi connectivity index (χ1) is 6.84. The largest absolute Gasteiger partial charge is 0.481 e. The maximum absolute atomic E-state index is 10.5. The Labute approximate surface area is 85.9 Å². The predicted octanol–water partition coefficient (Wildman–Crippen LogP) is -0.822. The van der Waals surface area contributed by atoms with Crippen molar-refractivity contribution in [3.05, 3.63) is 0 Å². The van der Waals surface area contributed by atoms with Crippen LogP contribution in [-0.4, -0.2) is 58.3 Å². The molecule has 0 rings (SSSR count). The van der Waals surface area contributed by atoms with E-state index in [9.17, 15) is 14.4 Å². The molecule has 0 saturated heterocycles. The summed E-state index contributed by atoms with van der Waals surface area (Å²) >= 11 is 0. The average Bonchev–Trinajstić information content (AvgIpc) is 2.09. The molecule has 3 N–H and O–H groups in total. The molecule has 0 aliphatic rings. The van der Waals surface area contributed by atoms with E-state index < -0.39 is 23.8 Å². The Hall–Kier alpha value is -1.63. The van der Waals surface area contributed by atoms with Crippen molar-refractivity contribution < 1.29 is 29.7 Å². The zero-order valence-electron chi connectivity index (χ0n) is 8.21. The van der Waals surface area contributed by atoms with E-state index in [1.807, 2.05) is 0 Å². The molecule has 0 aromatic carbocycles. The number of carbonyl (C=O) groups is 3. The van der Waals surface area contributed by atoms with E-state index in [4.69, 9.17) is 15.3 Å². The van der Waals surface area contributed by atoms with E-state index in [1.54, 1.807) is 0 Å². The van der Waals surface area contributed by atoms with Crippen LogP contribution in [0, 0.1) is 5.92 Å². The number of nitrogens with zero attached hydrogens (tertiary/aromatic N) is 1. The number of hydrogen-bond acceptors (Lipinski definition) is 4. The van der Waals surface area contributed by atoms with Crippen LogP contribution in [0.5, 0.6) is 0 Å². The molecule has 0 heterocycles. The minimum atomic E-state index is -1.52. The first kappa shape index (κ1) is 13.4. The van der Waals surface area contributed by atoms with Gasteiger partial charge in [0.15, 0.2) is 5.92 Å². The van der Waals surface area contributed by atoms with Crippen molar-refractivity contribution in [1.82, 2.24) is 4.90 Å². The molecule has 0 aromatic heterocycles. The van der Waals surface area contributed by atoms with E-state index in [0.29, 0.717) is 0 Å². The number of carboxylic acid groups (broad SMARTS) is 3. The van der Waals surface area contributed by atoms with Crippen LogP contribution in [0.4, 0.5) is 0 Å². The highest BCUT2D eigenvalue weighted by atomic mass is 16.4. The van der Waals surface area contributed by atoms with Gasteiger partial charge in [-0.15, -0.1) is 0 Å². The van der Waals surface area contributed by atoms with Crippen LogP contribution < -0.4 is 0 Å². The van der Waals surface area contributed by atoms with Gasteiger partial charge in [-0.25, -0.2) is 0 Å². The summed E-state index contributed by atoms with van der Waals surface area (Å²) < 4.78 is 0. The highest BCUT2D eigenvalue weighted by molar-refractivity contribution is 5.93. The molecule has 7 nitrogen and oxygen atoms in total. The van der Waals surface area contributed by atoms with Crippen molar-refractivity contribution in [3.8, 4) is 0 Å². The molecule has 15 heavy (non-hydrogen) atoms. The molecule has 0 radical (unpaired) electrons. The normalized spacial score (nSPS) is 10.6. The lowest BCUT2D eigenvalue weighted by Gasteiger charge is -2.17. The first-order valence-electron chi connectivity index (χ1n) is 4.20. The van der Waals surface area contributed by atoms with Crippen LogP contribution >= 0.6 is 0 Å². The fourth-order valence-electron chi connectivity index (χ4n) is 0.951. The molecule has 0 amide bonds. The van der Waals surface area contributed by atoms with Gasteiger partial charge in [-0.2, -0.15) is 0 Å². The van der Waals surface area contributed by atoms with Crippen LogP contribution in [-0.2, 0) is 14.4 Å². The topological polar surface area (TPSA) is 115 Å². The maximum Gasteiger partial charge on any atom is 0.319 e. The minimum Gasteiger partial charge on any atom is -0.481 e. The van der Waals surface area contributed by atoms with E-state index in [-0.39, 0.29) is 19.5 Å². The zero-order valence-corrected chi connectivity index (χ0v) is 8.21. The Morgan fingerprint density at radius 1 is 1.13 bits per heavy atom. The van der Waals surface area contributed by atoms with Gasteiger partial charge in [-0.1, -0.05) is 0 Å². The summed E-state index contributed by atoms with van der Waals surface area (Å²) in [6, 6.07) is 0. The van der Waals surface area contributed by atoms with Crippen molar-refractivity contribution in [1.29, 1.82) is 0 Å². The lowest BCUT2D eigenvalue weighted by molar-refractivity contribution is -0.155. The first-order valence-corrected chi connectivity index (χ1v) is 4.20. The third kappa shape index (κ3) is 5.63. The summed E-state index contributed by atoms with van der Waals surface area (Å²) in [5.41, 5.74) is 0. The Bertz CT molecular complexity index is 250. The van der Waals surface area contributed by atoms with E-state index in [0.717, 1.165) is 0 Å². The highest BCUT2D eigenvalue weighted by Gasteiger charge is 2.27. The second-order valence-electron chi connectivity index (χ2n) is 3.14. The van der Waals surface area contributed by atoms with Crippen LogP contribution in [0.1, 0.15) is 6.42 Å². The molecule has 0 aliphatic carbocycles. The van der Waals surface area contributed by atoms with E-state index >= 15 is 0 Å². The van der Waals surface area contributed by atoms with Crippen LogP contribution in [0.3, 0.4) is 0 Å². The van der Waals surface area contributed by atoms with Gasteiger partial charge < -0.3 is 20.2 Å². The monoisotopic (exact) mass is 219 g/mol. The molecule has 0 fully saturated rings. The van der Waals surface area contributed by atoms with Gasteiger partial charge in [0.25, 0.3) is 0 Å². The number of hydrogen-bond donors (Lipinski definition) is 3. The summed E-state index contributed by atoms with van der Waals surface area (Å²) in [5, 5.41) is 25.4. The third-order valence-electron chi connectivity index (χ3n) is 1.80. The fraction of sp³-hybridized carbons (Fsp3) is 0.625. The molecule has 0 atom stereocenters. The van der Waals surface area contributed by atoms with Crippen molar-refractivity contribution in [2.75, 3.05) is 20.1 Å². The van der Waals surface area contributed by atoms with Gasteiger partial charge in [0.2, 0.25) is 0 Å². The number of carboxylic acids is 3. The second-order valence-corrected chi connectivity index (χ2v) is 3.14. The van der Waals surface area contributed by atoms with Gasteiger partial charge in [-0.3, -0.25) is 14.4 Å². The Kier molecular flexibility index (Phi) is 5.32. The fourth-order valence-corrected chi connectivity index (χ4v) is 0.951. The molecule has 7 heteroatoms. The predicted molar refractivity (Wildman–Crippen MR) is 48.5 cm³/mol. The molecule has 0 aromatic rings. The highest BCUT2D eigenvalue weighted by Crippen LogP contribution is 2.01. The maximum atomic E-state index is 10.5. The van der Waals surface area contributed by atoms with Crippen LogP contribution in [0.2, 0.25) is 0 Å². The zero-order chi connectivity index (χ0) is 12.0. The summed E-state index contributed by atoms with van der Waals surface area (Å²) in [6.07, 6.45) is -0.150. The van der Waals surface area contributed by atoms with Crippen molar-refractivity contribution in [2.24, 2.45) is 5.92 Å². The quantitative estimate of drug-likeness (QED) is 0.479. The van der Waals surface area contributed by atoms with Gasteiger partial charge in [0, 0.05) is 13.1 Å². The average molecular weight is 219 g/mol. The van der Waals surface area contributed by atoms with Gasteiger partial charge in [0.05, 0.1) is 6.42 Å². The molecule has 0 unspecified atom stereocenters. The minimum absolute atomic E-state index is 0.117. The summed E-state index contributed by atoms with van der Waals surface area (Å²) in [4.78, 5) is 32.5. The summed E-state index contributed by atoms with van der Waals surface area (Å²) in [7, 11) is 1.47. The smallest absolute Gasteiger partial charge is 0.319 e. The van der Waals surface area contributed by atoms with Gasteiger partial charge in [-0.05, 0) is 7.05 Å². The summed E-state index contributed by atoms with van der Waals surface area (Å²) in [5.74, 6) is -5.39. The molecule has 0 bridgehead atoms. The molecule has 0 spiro atoms. The lowest BCUT2D eigenvalue weighted by Crippen LogP contribution is -2.36. The molecular weight excluding hydrogens is 206 g/mol. The van der Waals surface area contributed by atoms with E-state index in [2.05, 4.69) is 0 Å². The standard InChI is InChI=1S/C8H13NO6/c1-9(3-2-6(10)11)4-5(7(12)13)8(14)15/h5H,2-4H2,1H3,(H,10,11)(H,12,13)(H,14,15). The number of aliphatic carboxylic acids is 3. The molecule has 0 aliphatic heterocycles. The van der Waals surface area contributed by atoms with Crippen molar-refractivity contribution >= 4 is 17.9 Å². The van der Waals surface area contributed by atoms with Crippen LogP contribution in [0.25, 0.3) is 0 Å². The second kappa shape index (κ2) is 5.97. The Balaban J connectivity index is 4.11. The van der Waals surface area contributed by atoms with Crippen molar-refractivity contribution in [2.45, 2.75) is 6.42 Å². The molecule has 0 saturated carbocycles. The van der Waals surface area contributed by atoms with Crippen molar-refractivity contribution in [3.63, 3.8) is 0 Å². The van der Waals surface area contributed by atoms with E-state index in [1.165, 1.54) is 11.9 Å². The Morgan fingerprint density at radius 2 is 1.60 bits per heavy atom.